The van der Waals surface area contributed by atoms with Crippen LogP contribution in [0.2, 0.25) is 0 Å². The third kappa shape index (κ3) is 6.77. The van der Waals surface area contributed by atoms with E-state index in [-0.39, 0.29) is 13.0 Å². The number of hydrogen-bond donors (Lipinski definition) is 0. The van der Waals surface area contributed by atoms with Crippen molar-refractivity contribution in [1.29, 1.82) is 5.26 Å². The molecule has 3 nitrogen and oxygen atoms in total. The molecule has 6 heteroatoms. The fourth-order valence-electron chi connectivity index (χ4n) is 1.05. The highest BCUT2D eigenvalue weighted by Crippen LogP contribution is 2.21. The molecule has 0 rings (SSSR count). The van der Waals surface area contributed by atoms with Crippen molar-refractivity contribution >= 4 is 5.91 Å². The second kappa shape index (κ2) is 6.27. The first kappa shape index (κ1) is 13.8. The summed E-state index contributed by atoms with van der Waals surface area (Å²) in [7, 11) is 0. The van der Waals surface area contributed by atoms with Gasteiger partial charge in [0, 0.05) is 19.5 Å². The van der Waals surface area contributed by atoms with Gasteiger partial charge in [0.15, 0.2) is 0 Å². The van der Waals surface area contributed by atoms with Gasteiger partial charge < -0.3 is 4.90 Å². The lowest BCUT2D eigenvalue weighted by Crippen LogP contribution is -2.32. The minimum Gasteiger partial charge on any atom is -0.342 e. The van der Waals surface area contributed by atoms with Crippen molar-refractivity contribution in [3.8, 4) is 6.07 Å². The summed E-state index contributed by atoms with van der Waals surface area (Å²) in [5, 5.41) is 8.28. The quantitative estimate of drug-likeness (QED) is 0.714. The SMILES string of the molecule is CCN(CCC#N)C(=O)CCC(F)(F)F. The zero-order valence-electron chi connectivity index (χ0n) is 8.47. The Morgan fingerprint density at radius 2 is 2.07 bits per heavy atom. The third-order valence-corrected chi connectivity index (χ3v) is 1.85. The van der Waals surface area contributed by atoms with E-state index in [9.17, 15) is 18.0 Å². The molecule has 1 amide bonds. The molecule has 0 spiro atoms. The number of nitriles is 1. The zero-order valence-corrected chi connectivity index (χ0v) is 8.47. The van der Waals surface area contributed by atoms with Crippen molar-refractivity contribution in [3.63, 3.8) is 0 Å². The Balaban J connectivity index is 4.00. The molecule has 0 N–H and O–H groups in total. The minimum atomic E-state index is -4.30. The predicted octanol–water partition coefficient (Wildman–Crippen LogP) is 2.09. The van der Waals surface area contributed by atoms with E-state index in [4.69, 9.17) is 5.26 Å². The van der Waals surface area contributed by atoms with Crippen molar-refractivity contribution < 1.29 is 18.0 Å². The summed E-state index contributed by atoms with van der Waals surface area (Å²) in [6.07, 6.45) is -5.80. The van der Waals surface area contributed by atoms with Crippen LogP contribution in [0, 0.1) is 11.3 Å². The van der Waals surface area contributed by atoms with E-state index in [1.54, 1.807) is 6.92 Å². The Morgan fingerprint density at radius 1 is 1.47 bits per heavy atom. The van der Waals surface area contributed by atoms with Crippen LogP contribution in [-0.4, -0.2) is 30.1 Å². The van der Waals surface area contributed by atoms with Gasteiger partial charge in [-0.05, 0) is 6.92 Å². The van der Waals surface area contributed by atoms with Crippen LogP contribution in [-0.2, 0) is 4.79 Å². The molecule has 15 heavy (non-hydrogen) atoms. The molecule has 0 radical (unpaired) electrons. The summed E-state index contributed by atoms with van der Waals surface area (Å²) in [6, 6.07) is 1.84. The van der Waals surface area contributed by atoms with Crippen molar-refractivity contribution in [2.45, 2.75) is 32.4 Å². The van der Waals surface area contributed by atoms with Crippen LogP contribution in [0.3, 0.4) is 0 Å². The van der Waals surface area contributed by atoms with E-state index in [0.29, 0.717) is 6.54 Å². The van der Waals surface area contributed by atoms with Crippen molar-refractivity contribution in [2.75, 3.05) is 13.1 Å². The summed E-state index contributed by atoms with van der Waals surface area (Å²) < 4.78 is 35.4. The van der Waals surface area contributed by atoms with E-state index in [1.165, 1.54) is 4.90 Å². The molecule has 0 aromatic carbocycles. The van der Waals surface area contributed by atoms with Gasteiger partial charge in [0.05, 0.1) is 18.9 Å². The second-order valence-electron chi connectivity index (χ2n) is 3.00. The first-order valence-corrected chi connectivity index (χ1v) is 4.62. The molecule has 0 heterocycles. The molecule has 0 fully saturated rings. The molecular weight excluding hydrogens is 209 g/mol. The highest BCUT2D eigenvalue weighted by Gasteiger charge is 2.28. The number of carbonyl (C=O) groups is 1. The molecule has 0 saturated heterocycles. The van der Waals surface area contributed by atoms with Gasteiger partial charge in [-0.3, -0.25) is 4.79 Å². The van der Waals surface area contributed by atoms with E-state index in [1.807, 2.05) is 6.07 Å². The molecule has 86 valence electrons. The summed E-state index contributed by atoms with van der Waals surface area (Å²) in [5.41, 5.74) is 0. The van der Waals surface area contributed by atoms with Crippen molar-refractivity contribution in [1.82, 2.24) is 4.90 Å². The molecule has 0 aliphatic carbocycles. The van der Waals surface area contributed by atoms with Gasteiger partial charge in [-0.15, -0.1) is 0 Å². The summed E-state index contributed by atoms with van der Waals surface area (Å²) >= 11 is 0. The van der Waals surface area contributed by atoms with Gasteiger partial charge in [0.25, 0.3) is 0 Å². The van der Waals surface area contributed by atoms with Crippen LogP contribution in [0.5, 0.6) is 0 Å². The lowest BCUT2D eigenvalue weighted by atomic mass is 10.2. The Bertz CT molecular complexity index is 245. The van der Waals surface area contributed by atoms with Crippen LogP contribution in [0.4, 0.5) is 13.2 Å². The predicted molar refractivity (Wildman–Crippen MR) is 47.8 cm³/mol. The lowest BCUT2D eigenvalue weighted by Gasteiger charge is -2.19. The number of amides is 1. The maximum atomic E-state index is 11.8. The number of rotatable bonds is 5. The Morgan fingerprint density at radius 3 is 2.47 bits per heavy atom. The normalized spacial score (nSPS) is 10.9. The van der Waals surface area contributed by atoms with Gasteiger partial charge in [-0.25, -0.2) is 0 Å². The van der Waals surface area contributed by atoms with Gasteiger partial charge in [-0.1, -0.05) is 0 Å². The van der Waals surface area contributed by atoms with Gasteiger partial charge in [0.1, 0.15) is 0 Å². The standard InChI is InChI=1S/C9H13F3N2O/c1-2-14(7-3-6-13)8(15)4-5-9(10,11)12/h2-5,7H2,1H3. The van der Waals surface area contributed by atoms with Gasteiger partial charge in [0.2, 0.25) is 5.91 Å². The smallest absolute Gasteiger partial charge is 0.342 e. The maximum absolute atomic E-state index is 11.8. The Kier molecular flexibility index (Phi) is 5.75. The summed E-state index contributed by atoms with van der Waals surface area (Å²) in [6.45, 7) is 2.20. The number of carbonyl (C=O) groups excluding carboxylic acids is 1. The molecule has 0 aliphatic rings. The van der Waals surface area contributed by atoms with E-state index >= 15 is 0 Å². The molecule has 0 saturated carbocycles. The van der Waals surface area contributed by atoms with Gasteiger partial charge >= 0.3 is 6.18 Å². The highest BCUT2D eigenvalue weighted by atomic mass is 19.4. The molecular formula is C9H13F3N2O. The zero-order chi connectivity index (χ0) is 11.9. The monoisotopic (exact) mass is 222 g/mol. The van der Waals surface area contributed by atoms with Crippen LogP contribution in [0.1, 0.15) is 26.2 Å². The van der Waals surface area contributed by atoms with E-state index in [0.717, 1.165) is 0 Å². The van der Waals surface area contributed by atoms with Crippen LogP contribution in [0.25, 0.3) is 0 Å². The number of nitrogens with zero attached hydrogens (tertiary/aromatic N) is 2. The lowest BCUT2D eigenvalue weighted by molar-refractivity contribution is -0.149. The van der Waals surface area contributed by atoms with E-state index < -0.39 is 24.9 Å². The first-order chi connectivity index (χ1) is 6.90. The number of halogens is 3. The fourth-order valence-corrected chi connectivity index (χ4v) is 1.05. The third-order valence-electron chi connectivity index (χ3n) is 1.85. The molecule has 0 aliphatic heterocycles. The molecule has 0 atom stereocenters. The van der Waals surface area contributed by atoms with E-state index in [2.05, 4.69) is 0 Å². The molecule has 0 aromatic heterocycles. The largest absolute Gasteiger partial charge is 0.389 e. The average molecular weight is 222 g/mol. The van der Waals surface area contributed by atoms with Crippen LogP contribution >= 0.6 is 0 Å². The fraction of sp³-hybridized carbons (Fsp3) is 0.778. The average Bonchev–Trinajstić information content (AvgIpc) is 2.15. The molecule has 0 bridgehead atoms. The Hall–Kier alpha value is -1.25. The summed E-state index contributed by atoms with van der Waals surface area (Å²) in [5.74, 6) is -0.551. The first-order valence-electron chi connectivity index (χ1n) is 4.62. The molecule has 0 unspecified atom stereocenters. The van der Waals surface area contributed by atoms with Crippen molar-refractivity contribution in [2.24, 2.45) is 0 Å². The van der Waals surface area contributed by atoms with Crippen molar-refractivity contribution in [3.05, 3.63) is 0 Å². The van der Waals surface area contributed by atoms with Crippen LogP contribution in [0.15, 0.2) is 0 Å². The minimum absolute atomic E-state index is 0.144. The molecule has 0 aromatic rings. The number of hydrogen-bond acceptors (Lipinski definition) is 2. The highest BCUT2D eigenvalue weighted by molar-refractivity contribution is 5.76. The maximum Gasteiger partial charge on any atom is 0.389 e. The Labute approximate surface area is 86.5 Å². The summed E-state index contributed by atoms with van der Waals surface area (Å²) in [4.78, 5) is 12.5. The van der Waals surface area contributed by atoms with Crippen LogP contribution < -0.4 is 0 Å². The van der Waals surface area contributed by atoms with Gasteiger partial charge in [-0.2, -0.15) is 18.4 Å². The number of alkyl halides is 3. The topological polar surface area (TPSA) is 44.1 Å². The second-order valence-corrected chi connectivity index (χ2v) is 3.00.